The zero-order chi connectivity index (χ0) is 24.1. The molecule has 1 amide bonds. The SMILES string of the molecule is Cc1ccc(C(NC(=O)c2ccc(N(C)S(=O)(=O)c3ccccc3)cc2)c2ccccc2)cc1. The van der Waals surface area contributed by atoms with Gasteiger partial charge in [0.25, 0.3) is 15.9 Å². The van der Waals surface area contributed by atoms with Gasteiger partial charge in [0.2, 0.25) is 0 Å². The standard InChI is InChI=1S/C28H26N2O3S/c1-21-13-15-23(16-14-21)27(22-9-5-3-6-10-22)29-28(31)24-17-19-25(20-18-24)30(2)34(32,33)26-11-7-4-8-12-26/h3-20,27H,1-2H3,(H,29,31). The summed E-state index contributed by atoms with van der Waals surface area (Å²) < 4.78 is 27.0. The molecule has 0 heterocycles. The molecule has 5 nitrogen and oxygen atoms in total. The first-order chi connectivity index (χ1) is 16.4. The Balaban J connectivity index is 1.56. The van der Waals surface area contributed by atoms with E-state index < -0.39 is 10.0 Å². The number of amides is 1. The van der Waals surface area contributed by atoms with E-state index in [1.54, 1.807) is 54.6 Å². The molecule has 4 rings (SSSR count). The molecule has 0 aliphatic carbocycles. The second kappa shape index (κ2) is 9.93. The van der Waals surface area contributed by atoms with E-state index in [1.807, 2.05) is 61.5 Å². The fourth-order valence-corrected chi connectivity index (χ4v) is 4.91. The van der Waals surface area contributed by atoms with Crippen molar-refractivity contribution in [3.8, 4) is 0 Å². The predicted octanol–water partition coefficient (Wildman–Crippen LogP) is 5.34. The van der Waals surface area contributed by atoms with Gasteiger partial charge in [-0.05, 0) is 54.4 Å². The average Bonchev–Trinajstić information content (AvgIpc) is 2.88. The zero-order valence-electron chi connectivity index (χ0n) is 19.0. The monoisotopic (exact) mass is 470 g/mol. The van der Waals surface area contributed by atoms with Gasteiger partial charge in [0.15, 0.2) is 0 Å². The molecule has 0 spiro atoms. The summed E-state index contributed by atoms with van der Waals surface area (Å²) in [6.45, 7) is 2.02. The second-order valence-electron chi connectivity index (χ2n) is 8.06. The number of aryl methyl sites for hydroxylation is 1. The highest BCUT2D eigenvalue weighted by Crippen LogP contribution is 2.25. The summed E-state index contributed by atoms with van der Waals surface area (Å²) in [5.41, 5.74) is 4.02. The van der Waals surface area contributed by atoms with Gasteiger partial charge in [0.05, 0.1) is 16.6 Å². The van der Waals surface area contributed by atoms with Crippen LogP contribution in [0, 0.1) is 6.92 Å². The molecule has 1 unspecified atom stereocenters. The minimum atomic E-state index is -3.69. The quantitative estimate of drug-likeness (QED) is 0.397. The van der Waals surface area contributed by atoms with Gasteiger partial charge in [-0.2, -0.15) is 0 Å². The Morgan fingerprint density at radius 3 is 1.85 bits per heavy atom. The number of hydrogen-bond acceptors (Lipinski definition) is 3. The summed E-state index contributed by atoms with van der Waals surface area (Å²) >= 11 is 0. The number of hydrogen-bond donors (Lipinski definition) is 1. The van der Waals surface area contributed by atoms with E-state index >= 15 is 0 Å². The van der Waals surface area contributed by atoms with E-state index in [4.69, 9.17) is 0 Å². The first kappa shape index (κ1) is 23.3. The number of carbonyl (C=O) groups is 1. The first-order valence-electron chi connectivity index (χ1n) is 10.9. The van der Waals surface area contributed by atoms with Gasteiger partial charge < -0.3 is 5.32 Å². The molecule has 1 N–H and O–H groups in total. The smallest absolute Gasteiger partial charge is 0.264 e. The Morgan fingerprint density at radius 1 is 0.735 bits per heavy atom. The lowest BCUT2D eigenvalue weighted by Gasteiger charge is -2.21. The van der Waals surface area contributed by atoms with Crippen molar-refractivity contribution in [2.45, 2.75) is 17.9 Å². The number of nitrogens with one attached hydrogen (secondary N) is 1. The van der Waals surface area contributed by atoms with Gasteiger partial charge in [-0.15, -0.1) is 0 Å². The van der Waals surface area contributed by atoms with Crippen molar-refractivity contribution in [2.75, 3.05) is 11.4 Å². The van der Waals surface area contributed by atoms with E-state index in [0.29, 0.717) is 11.3 Å². The summed E-state index contributed by atoms with van der Waals surface area (Å²) in [4.78, 5) is 13.3. The highest BCUT2D eigenvalue weighted by atomic mass is 32.2. The maximum Gasteiger partial charge on any atom is 0.264 e. The molecule has 1 atom stereocenters. The minimum Gasteiger partial charge on any atom is -0.341 e. The number of sulfonamides is 1. The van der Waals surface area contributed by atoms with E-state index in [1.165, 1.54) is 11.4 Å². The lowest BCUT2D eigenvalue weighted by Crippen LogP contribution is -2.29. The van der Waals surface area contributed by atoms with Crippen molar-refractivity contribution in [1.82, 2.24) is 5.32 Å². The van der Waals surface area contributed by atoms with Gasteiger partial charge in [-0.3, -0.25) is 9.10 Å². The fourth-order valence-electron chi connectivity index (χ4n) is 3.69. The molecule has 0 saturated heterocycles. The molecule has 4 aromatic carbocycles. The summed E-state index contributed by atoms with van der Waals surface area (Å²) in [6, 6.07) is 32.4. The molecule has 0 fully saturated rings. The highest BCUT2D eigenvalue weighted by molar-refractivity contribution is 7.92. The van der Waals surface area contributed by atoms with Gasteiger partial charge >= 0.3 is 0 Å². The molecule has 0 aliphatic heterocycles. The van der Waals surface area contributed by atoms with Crippen molar-refractivity contribution >= 4 is 21.6 Å². The van der Waals surface area contributed by atoms with Crippen molar-refractivity contribution in [1.29, 1.82) is 0 Å². The summed E-state index contributed by atoms with van der Waals surface area (Å²) in [6.07, 6.45) is 0. The molecule has 34 heavy (non-hydrogen) atoms. The Hall–Kier alpha value is -3.90. The third-order valence-corrected chi connectivity index (χ3v) is 7.51. The Kier molecular flexibility index (Phi) is 6.80. The summed E-state index contributed by atoms with van der Waals surface area (Å²) in [5.74, 6) is -0.241. The normalized spacial score (nSPS) is 12.1. The third kappa shape index (κ3) is 5.02. The number of nitrogens with zero attached hydrogens (tertiary/aromatic N) is 1. The molecule has 0 radical (unpaired) electrons. The molecule has 0 saturated carbocycles. The number of carbonyl (C=O) groups excluding carboxylic acids is 1. The van der Waals surface area contributed by atoms with E-state index in [-0.39, 0.29) is 16.8 Å². The Bertz CT molecular complexity index is 1350. The van der Waals surface area contributed by atoms with Crippen LogP contribution >= 0.6 is 0 Å². The first-order valence-corrected chi connectivity index (χ1v) is 12.4. The van der Waals surface area contributed by atoms with E-state index in [2.05, 4.69) is 5.32 Å². The van der Waals surface area contributed by atoms with Crippen molar-refractivity contribution in [3.63, 3.8) is 0 Å². The molecular weight excluding hydrogens is 444 g/mol. The van der Waals surface area contributed by atoms with Crippen LogP contribution in [0.4, 0.5) is 5.69 Å². The van der Waals surface area contributed by atoms with Crippen LogP contribution in [0.1, 0.15) is 33.1 Å². The van der Waals surface area contributed by atoms with Crippen LogP contribution in [0.25, 0.3) is 0 Å². The fraction of sp³-hybridized carbons (Fsp3) is 0.107. The topological polar surface area (TPSA) is 66.5 Å². The van der Waals surface area contributed by atoms with Crippen LogP contribution in [0.3, 0.4) is 0 Å². The average molecular weight is 471 g/mol. The number of anilines is 1. The lowest BCUT2D eigenvalue weighted by molar-refractivity contribution is 0.0943. The lowest BCUT2D eigenvalue weighted by atomic mass is 9.97. The van der Waals surface area contributed by atoms with Crippen LogP contribution < -0.4 is 9.62 Å². The highest BCUT2D eigenvalue weighted by Gasteiger charge is 2.22. The molecule has 172 valence electrons. The zero-order valence-corrected chi connectivity index (χ0v) is 19.9. The van der Waals surface area contributed by atoms with Crippen LogP contribution in [0.5, 0.6) is 0 Å². The molecule has 0 bridgehead atoms. The molecular formula is C28H26N2O3S. The third-order valence-electron chi connectivity index (χ3n) is 5.71. The van der Waals surface area contributed by atoms with Crippen LogP contribution in [0.2, 0.25) is 0 Å². The summed E-state index contributed by atoms with van der Waals surface area (Å²) in [5, 5.41) is 3.12. The van der Waals surface area contributed by atoms with Gasteiger partial charge in [-0.25, -0.2) is 8.42 Å². The Morgan fingerprint density at radius 2 is 1.26 bits per heavy atom. The molecule has 6 heteroatoms. The van der Waals surface area contributed by atoms with Crippen molar-refractivity contribution in [2.24, 2.45) is 0 Å². The largest absolute Gasteiger partial charge is 0.341 e. The van der Waals surface area contributed by atoms with Gasteiger partial charge in [-0.1, -0.05) is 78.4 Å². The van der Waals surface area contributed by atoms with Crippen LogP contribution in [-0.2, 0) is 10.0 Å². The van der Waals surface area contributed by atoms with Gasteiger partial charge in [0, 0.05) is 12.6 Å². The minimum absolute atomic E-state index is 0.211. The van der Waals surface area contributed by atoms with Gasteiger partial charge in [0.1, 0.15) is 0 Å². The van der Waals surface area contributed by atoms with Crippen LogP contribution in [0.15, 0.2) is 114 Å². The Labute approximate surface area is 200 Å². The van der Waals surface area contributed by atoms with Crippen molar-refractivity contribution in [3.05, 3.63) is 131 Å². The van der Waals surface area contributed by atoms with Crippen molar-refractivity contribution < 1.29 is 13.2 Å². The molecule has 0 aromatic heterocycles. The molecule has 0 aliphatic rings. The second-order valence-corrected chi connectivity index (χ2v) is 10.0. The molecule has 4 aromatic rings. The number of rotatable bonds is 7. The maximum absolute atomic E-state index is 13.1. The van der Waals surface area contributed by atoms with E-state index in [9.17, 15) is 13.2 Å². The van der Waals surface area contributed by atoms with E-state index in [0.717, 1.165) is 16.7 Å². The van der Waals surface area contributed by atoms with Crippen LogP contribution in [-0.4, -0.2) is 21.4 Å². The summed E-state index contributed by atoms with van der Waals surface area (Å²) in [7, 11) is -2.19. The predicted molar refractivity (Wildman–Crippen MR) is 135 cm³/mol. The number of benzene rings is 4. The maximum atomic E-state index is 13.1.